The summed E-state index contributed by atoms with van der Waals surface area (Å²) in [4.78, 5) is 24.3. The number of nitrogens with one attached hydrogen (secondary N) is 1. The molecule has 132 valence electrons. The van der Waals surface area contributed by atoms with E-state index in [1.165, 1.54) is 20.3 Å². The number of hydrogen-bond donors (Lipinski definition) is 1. The number of methoxy groups -OCH3 is 2. The molecular weight excluding hydrogens is 322 g/mol. The SMILES string of the molecule is COc1ccc(OC)c(C(=O)OCC(=O)Nc2c(C)cccc2C)c1. The van der Waals surface area contributed by atoms with E-state index >= 15 is 0 Å². The fourth-order valence-corrected chi connectivity index (χ4v) is 2.37. The summed E-state index contributed by atoms with van der Waals surface area (Å²) in [6.45, 7) is 3.40. The monoisotopic (exact) mass is 343 g/mol. The molecular formula is C19H21NO5. The van der Waals surface area contributed by atoms with Crippen molar-refractivity contribution in [1.29, 1.82) is 0 Å². The van der Waals surface area contributed by atoms with Crippen molar-refractivity contribution in [3.05, 3.63) is 53.1 Å². The van der Waals surface area contributed by atoms with Gasteiger partial charge in [0.2, 0.25) is 0 Å². The summed E-state index contributed by atoms with van der Waals surface area (Å²) in [5.41, 5.74) is 2.80. The number of ether oxygens (including phenoxy) is 3. The van der Waals surface area contributed by atoms with E-state index in [1.54, 1.807) is 12.1 Å². The highest BCUT2D eigenvalue weighted by atomic mass is 16.5. The molecule has 0 aliphatic rings. The highest BCUT2D eigenvalue weighted by molar-refractivity contribution is 5.97. The summed E-state index contributed by atoms with van der Waals surface area (Å²) in [5.74, 6) is -0.228. The van der Waals surface area contributed by atoms with Crippen LogP contribution in [0.4, 0.5) is 5.69 Å². The molecule has 0 spiro atoms. The first-order valence-corrected chi connectivity index (χ1v) is 7.71. The van der Waals surface area contributed by atoms with E-state index in [0.717, 1.165) is 16.8 Å². The highest BCUT2D eigenvalue weighted by Crippen LogP contribution is 2.24. The standard InChI is InChI=1S/C19H21NO5/c1-12-6-5-7-13(2)18(12)20-17(21)11-25-19(22)15-10-14(23-3)8-9-16(15)24-4/h5-10H,11H2,1-4H3,(H,20,21). The van der Waals surface area contributed by atoms with Gasteiger partial charge in [0.25, 0.3) is 5.91 Å². The number of esters is 1. The lowest BCUT2D eigenvalue weighted by Crippen LogP contribution is -2.22. The molecule has 6 heteroatoms. The van der Waals surface area contributed by atoms with Crippen molar-refractivity contribution in [3.63, 3.8) is 0 Å². The van der Waals surface area contributed by atoms with Crippen LogP contribution >= 0.6 is 0 Å². The van der Waals surface area contributed by atoms with Crippen LogP contribution in [-0.4, -0.2) is 32.7 Å². The van der Waals surface area contributed by atoms with Crippen LogP contribution in [0.2, 0.25) is 0 Å². The van der Waals surface area contributed by atoms with Crippen LogP contribution < -0.4 is 14.8 Å². The van der Waals surface area contributed by atoms with E-state index in [2.05, 4.69) is 5.32 Å². The molecule has 0 aliphatic carbocycles. The maximum Gasteiger partial charge on any atom is 0.342 e. The zero-order valence-corrected chi connectivity index (χ0v) is 14.7. The Morgan fingerprint density at radius 3 is 2.28 bits per heavy atom. The molecule has 1 N–H and O–H groups in total. The quantitative estimate of drug-likeness (QED) is 0.816. The predicted molar refractivity (Wildman–Crippen MR) is 94.4 cm³/mol. The zero-order valence-electron chi connectivity index (χ0n) is 14.7. The Hall–Kier alpha value is -3.02. The van der Waals surface area contributed by atoms with Gasteiger partial charge in [-0.15, -0.1) is 0 Å². The Morgan fingerprint density at radius 1 is 1.00 bits per heavy atom. The molecule has 2 aromatic carbocycles. The second-order valence-corrected chi connectivity index (χ2v) is 5.46. The minimum Gasteiger partial charge on any atom is -0.497 e. The van der Waals surface area contributed by atoms with E-state index in [-0.39, 0.29) is 5.56 Å². The molecule has 25 heavy (non-hydrogen) atoms. The number of aryl methyl sites for hydroxylation is 2. The van der Waals surface area contributed by atoms with Gasteiger partial charge in [0.05, 0.1) is 14.2 Å². The van der Waals surface area contributed by atoms with Crippen LogP contribution in [0.1, 0.15) is 21.5 Å². The number of para-hydroxylation sites is 1. The lowest BCUT2D eigenvalue weighted by molar-refractivity contribution is -0.119. The largest absolute Gasteiger partial charge is 0.497 e. The summed E-state index contributed by atoms with van der Waals surface area (Å²) in [7, 11) is 2.95. The minimum atomic E-state index is -0.660. The molecule has 0 aromatic heterocycles. The van der Waals surface area contributed by atoms with E-state index in [9.17, 15) is 9.59 Å². The van der Waals surface area contributed by atoms with Crippen LogP contribution in [0, 0.1) is 13.8 Å². The van der Waals surface area contributed by atoms with Crippen LogP contribution in [0.25, 0.3) is 0 Å². The van der Waals surface area contributed by atoms with Crippen LogP contribution in [-0.2, 0) is 9.53 Å². The zero-order chi connectivity index (χ0) is 18.4. The first-order chi connectivity index (χ1) is 12.0. The summed E-state index contributed by atoms with van der Waals surface area (Å²) in [6, 6.07) is 10.5. The molecule has 6 nitrogen and oxygen atoms in total. The van der Waals surface area contributed by atoms with Crippen molar-refractivity contribution < 1.29 is 23.8 Å². The minimum absolute atomic E-state index is 0.196. The maximum atomic E-state index is 12.2. The number of carbonyl (C=O) groups is 2. The van der Waals surface area contributed by atoms with Crippen molar-refractivity contribution in [1.82, 2.24) is 0 Å². The molecule has 0 saturated carbocycles. The molecule has 2 aromatic rings. The Balaban J connectivity index is 2.03. The van der Waals surface area contributed by atoms with Crippen molar-refractivity contribution in [3.8, 4) is 11.5 Å². The van der Waals surface area contributed by atoms with Gasteiger partial charge < -0.3 is 19.5 Å². The lowest BCUT2D eigenvalue weighted by atomic mass is 10.1. The third-order valence-corrected chi connectivity index (χ3v) is 3.71. The topological polar surface area (TPSA) is 73.9 Å². The molecule has 0 fully saturated rings. The summed E-state index contributed by atoms with van der Waals surface area (Å²) < 4.78 is 15.3. The number of anilines is 1. The number of amides is 1. The molecule has 0 aliphatic heterocycles. The van der Waals surface area contributed by atoms with Gasteiger partial charge in [0.15, 0.2) is 6.61 Å². The number of carbonyl (C=O) groups excluding carboxylic acids is 2. The van der Waals surface area contributed by atoms with Gasteiger partial charge >= 0.3 is 5.97 Å². The third kappa shape index (κ3) is 4.50. The van der Waals surface area contributed by atoms with Gasteiger partial charge in [-0.05, 0) is 43.2 Å². The van der Waals surface area contributed by atoms with Crippen molar-refractivity contribution >= 4 is 17.6 Å². The van der Waals surface area contributed by atoms with Crippen molar-refractivity contribution in [2.45, 2.75) is 13.8 Å². The van der Waals surface area contributed by atoms with E-state index < -0.39 is 18.5 Å². The molecule has 0 bridgehead atoms. The van der Waals surface area contributed by atoms with Crippen molar-refractivity contribution in [2.24, 2.45) is 0 Å². The summed E-state index contributed by atoms with van der Waals surface area (Å²) in [5, 5.41) is 2.76. The lowest BCUT2D eigenvalue weighted by Gasteiger charge is -2.12. The maximum absolute atomic E-state index is 12.2. The Kier molecular flexibility index (Phi) is 6.00. The van der Waals surface area contributed by atoms with Gasteiger partial charge in [0, 0.05) is 5.69 Å². The molecule has 0 radical (unpaired) electrons. The predicted octanol–water partition coefficient (Wildman–Crippen LogP) is 3.12. The highest BCUT2D eigenvalue weighted by Gasteiger charge is 2.17. The second kappa shape index (κ2) is 8.19. The van der Waals surface area contributed by atoms with E-state index in [0.29, 0.717) is 11.5 Å². The molecule has 2 rings (SSSR count). The van der Waals surface area contributed by atoms with Gasteiger partial charge in [-0.25, -0.2) is 4.79 Å². The fraction of sp³-hybridized carbons (Fsp3) is 0.263. The van der Waals surface area contributed by atoms with Gasteiger partial charge in [-0.2, -0.15) is 0 Å². The van der Waals surface area contributed by atoms with Gasteiger partial charge in [-0.1, -0.05) is 18.2 Å². The number of benzene rings is 2. The van der Waals surface area contributed by atoms with Gasteiger partial charge in [0.1, 0.15) is 17.1 Å². The number of hydrogen-bond acceptors (Lipinski definition) is 5. The van der Waals surface area contributed by atoms with E-state index in [1.807, 2.05) is 32.0 Å². The van der Waals surface area contributed by atoms with Crippen molar-refractivity contribution in [2.75, 3.05) is 26.1 Å². The van der Waals surface area contributed by atoms with Crippen LogP contribution in [0.3, 0.4) is 0 Å². The normalized spacial score (nSPS) is 10.1. The summed E-state index contributed by atoms with van der Waals surface area (Å²) in [6.07, 6.45) is 0. The molecule has 1 amide bonds. The fourth-order valence-electron chi connectivity index (χ4n) is 2.37. The third-order valence-electron chi connectivity index (χ3n) is 3.71. The Labute approximate surface area is 146 Å². The van der Waals surface area contributed by atoms with Crippen LogP contribution in [0.15, 0.2) is 36.4 Å². The molecule has 0 unspecified atom stereocenters. The summed E-state index contributed by atoms with van der Waals surface area (Å²) >= 11 is 0. The smallest absolute Gasteiger partial charge is 0.342 e. The average Bonchev–Trinajstić information content (AvgIpc) is 2.62. The second-order valence-electron chi connectivity index (χ2n) is 5.46. The number of rotatable bonds is 6. The first-order valence-electron chi connectivity index (χ1n) is 7.71. The molecule has 0 saturated heterocycles. The average molecular weight is 343 g/mol. The molecule has 0 atom stereocenters. The van der Waals surface area contributed by atoms with Crippen LogP contribution in [0.5, 0.6) is 11.5 Å². The van der Waals surface area contributed by atoms with E-state index in [4.69, 9.17) is 14.2 Å². The Morgan fingerprint density at radius 2 is 1.68 bits per heavy atom. The van der Waals surface area contributed by atoms with Gasteiger partial charge in [-0.3, -0.25) is 4.79 Å². The first kappa shape index (κ1) is 18.3. The Bertz CT molecular complexity index is 765. The molecule has 0 heterocycles.